The van der Waals surface area contributed by atoms with Crippen LogP contribution in [0.15, 0.2) is 41.3 Å². The largest absolute Gasteiger partial charge is 0.495 e. The van der Waals surface area contributed by atoms with E-state index in [0.717, 1.165) is 38.3 Å². The SMILES string of the molecule is COc1ccc(Cl)cc1S(=O)(=O)Nc1ccc(N2CCCN(C)CC2)cc1C(=O)O. The number of sulfonamides is 1. The Balaban J connectivity index is 1.94. The maximum absolute atomic E-state index is 12.9. The number of hydrogen-bond donors (Lipinski definition) is 2. The van der Waals surface area contributed by atoms with E-state index in [1.807, 2.05) is 7.05 Å². The van der Waals surface area contributed by atoms with Crippen LogP contribution in [-0.2, 0) is 10.0 Å². The Bertz CT molecular complexity index is 1040. The van der Waals surface area contributed by atoms with Crippen LogP contribution in [0.25, 0.3) is 0 Å². The number of halogens is 1. The zero-order valence-corrected chi connectivity index (χ0v) is 18.3. The van der Waals surface area contributed by atoms with Gasteiger partial charge in [0, 0.05) is 30.3 Å². The molecule has 0 aliphatic carbocycles. The lowest BCUT2D eigenvalue weighted by molar-refractivity contribution is 0.0698. The molecule has 10 heteroatoms. The van der Waals surface area contributed by atoms with Gasteiger partial charge in [-0.25, -0.2) is 13.2 Å². The fourth-order valence-electron chi connectivity index (χ4n) is 3.36. The lowest BCUT2D eigenvalue weighted by Crippen LogP contribution is -2.29. The molecular formula is C20H24ClN3O5S. The maximum Gasteiger partial charge on any atom is 0.337 e. The van der Waals surface area contributed by atoms with E-state index in [2.05, 4.69) is 14.5 Å². The summed E-state index contributed by atoms with van der Waals surface area (Å²) in [6.07, 6.45) is 0.960. The van der Waals surface area contributed by atoms with Gasteiger partial charge in [-0.1, -0.05) is 11.6 Å². The van der Waals surface area contributed by atoms with Crippen molar-refractivity contribution in [2.75, 3.05) is 50.0 Å². The molecule has 0 unspecified atom stereocenters. The Morgan fingerprint density at radius 2 is 1.90 bits per heavy atom. The molecule has 0 amide bonds. The summed E-state index contributed by atoms with van der Waals surface area (Å²) in [6.45, 7) is 3.40. The number of rotatable bonds is 6. The first-order valence-electron chi connectivity index (χ1n) is 9.38. The molecule has 1 saturated heterocycles. The first-order valence-corrected chi connectivity index (χ1v) is 11.2. The van der Waals surface area contributed by atoms with Crippen LogP contribution < -0.4 is 14.4 Å². The molecular weight excluding hydrogens is 430 g/mol. The van der Waals surface area contributed by atoms with Crippen LogP contribution in [0.3, 0.4) is 0 Å². The van der Waals surface area contributed by atoms with Gasteiger partial charge in [-0.2, -0.15) is 0 Å². The second kappa shape index (κ2) is 9.11. The van der Waals surface area contributed by atoms with Gasteiger partial charge < -0.3 is 19.6 Å². The molecule has 162 valence electrons. The molecule has 2 aromatic rings. The maximum atomic E-state index is 12.9. The summed E-state index contributed by atoms with van der Waals surface area (Å²) < 4.78 is 33.3. The molecule has 1 aliphatic rings. The average molecular weight is 454 g/mol. The highest BCUT2D eigenvalue weighted by Gasteiger charge is 2.24. The van der Waals surface area contributed by atoms with Crippen molar-refractivity contribution in [3.8, 4) is 5.75 Å². The lowest BCUT2D eigenvalue weighted by atomic mass is 10.1. The summed E-state index contributed by atoms with van der Waals surface area (Å²) in [4.78, 5) is 16.0. The normalized spacial score (nSPS) is 15.5. The quantitative estimate of drug-likeness (QED) is 0.693. The van der Waals surface area contributed by atoms with E-state index in [-0.39, 0.29) is 26.9 Å². The minimum Gasteiger partial charge on any atom is -0.495 e. The zero-order valence-electron chi connectivity index (χ0n) is 16.8. The third-order valence-corrected chi connectivity index (χ3v) is 6.60. The number of anilines is 2. The van der Waals surface area contributed by atoms with Crippen molar-refractivity contribution in [3.63, 3.8) is 0 Å². The Hall–Kier alpha value is -2.49. The number of ether oxygens (including phenoxy) is 1. The third kappa shape index (κ3) is 4.97. The van der Waals surface area contributed by atoms with Crippen LogP contribution in [0.1, 0.15) is 16.8 Å². The topological polar surface area (TPSA) is 99.2 Å². The fourth-order valence-corrected chi connectivity index (χ4v) is 4.87. The summed E-state index contributed by atoms with van der Waals surface area (Å²) in [5, 5.41) is 9.91. The Kier molecular flexibility index (Phi) is 6.74. The van der Waals surface area contributed by atoms with E-state index in [0.29, 0.717) is 0 Å². The van der Waals surface area contributed by atoms with E-state index in [1.54, 1.807) is 6.07 Å². The molecule has 0 atom stereocenters. The second-order valence-electron chi connectivity index (χ2n) is 7.08. The van der Waals surface area contributed by atoms with Crippen molar-refractivity contribution in [2.45, 2.75) is 11.3 Å². The molecule has 0 saturated carbocycles. The smallest absolute Gasteiger partial charge is 0.337 e. The molecule has 2 N–H and O–H groups in total. The van der Waals surface area contributed by atoms with E-state index in [4.69, 9.17) is 16.3 Å². The van der Waals surface area contributed by atoms with Gasteiger partial charge in [-0.05, 0) is 56.4 Å². The predicted octanol–water partition coefficient (Wildman–Crippen LogP) is 2.99. The van der Waals surface area contributed by atoms with Gasteiger partial charge in [-0.15, -0.1) is 0 Å². The first-order chi connectivity index (χ1) is 14.2. The number of aromatic carboxylic acids is 1. The molecule has 0 radical (unpaired) electrons. The van der Waals surface area contributed by atoms with Crippen molar-refractivity contribution in [2.24, 2.45) is 0 Å². The Morgan fingerprint density at radius 3 is 2.60 bits per heavy atom. The summed E-state index contributed by atoms with van der Waals surface area (Å²) in [5.41, 5.74) is 0.584. The van der Waals surface area contributed by atoms with Crippen molar-refractivity contribution >= 4 is 39.0 Å². The summed E-state index contributed by atoms with van der Waals surface area (Å²) in [6, 6.07) is 8.91. The van der Waals surface area contributed by atoms with Crippen LogP contribution in [-0.4, -0.2) is 64.7 Å². The zero-order chi connectivity index (χ0) is 21.9. The monoisotopic (exact) mass is 453 g/mol. The van der Waals surface area contributed by atoms with Gasteiger partial charge in [0.1, 0.15) is 10.6 Å². The number of carboxylic acid groups (broad SMARTS) is 1. The minimum atomic E-state index is -4.13. The molecule has 1 heterocycles. The number of methoxy groups -OCH3 is 1. The number of carbonyl (C=O) groups is 1. The number of nitrogens with zero attached hydrogens (tertiary/aromatic N) is 2. The average Bonchev–Trinajstić information content (AvgIpc) is 2.92. The molecule has 0 aromatic heterocycles. The van der Waals surface area contributed by atoms with Crippen LogP contribution in [0, 0.1) is 0 Å². The van der Waals surface area contributed by atoms with Crippen LogP contribution in [0.4, 0.5) is 11.4 Å². The van der Waals surface area contributed by atoms with Crippen LogP contribution in [0.5, 0.6) is 5.75 Å². The highest BCUT2D eigenvalue weighted by Crippen LogP contribution is 2.31. The van der Waals surface area contributed by atoms with Crippen molar-refractivity contribution in [1.82, 2.24) is 4.90 Å². The number of carboxylic acids is 1. The molecule has 30 heavy (non-hydrogen) atoms. The van der Waals surface area contributed by atoms with Gasteiger partial charge in [0.2, 0.25) is 0 Å². The minimum absolute atomic E-state index is 0.0276. The summed E-state index contributed by atoms with van der Waals surface area (Å²) in [7, 11) is -0.733. The molecule has 0 spiro atoms. The van der Waals surface area contributed by atoms with Crippen molar-refractivity contribution in [1.29, 1.82) is 0 Å². The number of likely N-dealkylation sites (N-methyl/N-ethyl adjacent to an activating group) is 1. The van der Waals surface area contributed by atoms with Gasteiger partial charge in [-0.3, -0.25) is 4.72 Å². The van der Waals surface area contributed by atoms with Crippen LogP contribution >= 0.6 is 11.6 Å². The lowest BCUT2D eigenvalue weighted by Gasteiger charge is -2.24. The number of benzene rings is 2. The number of hydrogen-bond acceptors (Lipinski definition) is 6. The Labute approximate surface area is 181 Å². The highest BCUT2D eigenvalue weighted by atomic mass is 35.5. The molecule has 2 aromatic carbocycles. The van der Waals surface area contributed by atoms with E-state index in [9.17, 15) is 18.3 Å². The highest BCUT2D eigenvalue weighted by molar-refractivity contribution is 7.92. The van der Waals surface area contributed by atoms with Gasteiger partial charge >= 0.3 is 5.97 Å². The summed E-state index contributed by atoms with van der Waals surface area (Å²) in [5.74, 6) is -1.12. The number of nitrogens with one attached hydrogen (secondary N) is 1. The standard InChI is InChI=1S/C20H24ClN3O5S/c1-23-8-3-9-24(11-10-23)15-5-6-17(16(13-15)20(25)26)22-30(27,28)19-12-14(21)4-7-18(19)29-2/h4-7,12-13,22H,3,8-11H2,1-2H3,(H,25,26). The molecule has 8 nitrogen and oxygen atoms in total. The van der Waals surface area contributed by atoms with Gasteiger partial charge in [0.05, 0.1) is 18.4 Å². The van der Waals surface area contributed by atoms with E-state index >= 15 is 0 Å². The van der Waals surface area contributed by atoms with Gasteiger partial charge in [0.25, 0.3) is 10.0 Å². The van der Waals surface area contributed by atoms with Crippen molar-refractivity contribution in [3.05, 3.63) is 47.0 Å². The summed E-state index contributed by atoms with van der Waals surface area (Å²) >= 11 is 5.94. The molecule has 0 bridgehead atoms. The predicted molar refractivity (Wildman–Crippen MR) is 117 cm³/mol. The first kappa shape index (κ1) is 22.2. The van der Waals surface area contributed by atoms with Crippen molar-refractivity contribution < 1.29 is 23.1 Å². The van der Waals surface area contributed by atoms with E-state index < -0.39 is 16.0 Å². The molecule has 3 rings (SSSR count). The van der Waals surface area contributed by atoms with Crippen LogP contribution in [0.2, 0.25) is 5.02 Å². The van der Waals surface area contributed by atoms with E-state index in [1.165, 1.54) is 37.4 Å². The third-order valence-electron chi connectivity index (χ3n) is 4.98. The van der Waals surface area contributed by atoms with Gasteiger partial charge in [0.15, 0.2) is 0 Å². The molecule has 1 aliphatic heterocycles. The fraction of sp³-hybridized carbons (Fsp3) is 0.350. The second-order valence-corrected chi connectivity index (χ2v) is 9.17. The molecule has 1 fully saturated rings. The Morgan fingerprint density at radius 1 is 1.13 bits per heavy atom.